The van der Waals surface area contributed by atoms with Gasteiger partial charge in [-0.2, -0.15) is 0 Å². The van der Waals surface area contributed by atoms with E-state index in [4.69, 9.17) is 4.42 Å². The van der Waals surface area contributed by atoms with Crippen LogP contribution in [0, 0.1) is 10.1 Å². The van der Waals surface area contributed by atoms with Crippen molar-refractivity contribution in [1.82, 2.24) is 4.90 Å². The number of nitro benzene ring substituents is 1. The molecule has 22 heavy (non-hydrogen) atoms. The number of urea groups is 1. The van der Waals surface area contributed by atoms with Gasteiger partial charge >= 0.3 is 6.03 Å². The van der Waals surface area contributed by atoms with Gasteiger partial charge in [0.1, 0.15) is 11.1 Å². The lowest BCUT2D eigenvalue weighted by atomic mass is 10.3. The van der Waals surface area contributed by atoms with E-state index in [2.05, 4.69) is 5.32 Å². The van der Waals surface area contributed by atoms with Crippen molar-refractivity contribution in [3.63, 3.8) is 0 Å². The van der Waals surface area contributed by atoms with Crippen molar-refractivity contribution in [2.75, 3.05) is 17.6 Å². The molecule has 0 radical (unpaired) electrons. The summed E-state index contributed by atoms with van der Waals surface area (Å²) in [5.74, 6) is 1.57. The molecule has 2 aromatic rings. The standard InChI is InChI=1S/C14H13N3O4S/c18-14(15-10-3-5-11(6-4-10)17(19)20)16-7-9-22-13(16)12-2-1-8-21-12/h1-6,8,13H,7,9H2,(H,15,18). The molecule has 2 amide bonds. The quantitative estimate of drug-likeness (QED) is 0.691. The minimum absolute atomic E-state index is 0.0109. The molecule has 1 unspecified atom stereocenters. The van der Waals surface area contributed by atoms with Gasteiger partial charge in [-0.3, -0.25) is 10.1 Å². The molecule has 1 saturated heterocycles. The molecule has 1 aromatic heterocycles. The average Bonchev–Trinajstić information content (AvgIpc) is 3.18. The fourth-order valence-corrected chi connectivity index (χ4v) is 3.41. The number of carbonyl (C=O) groups excluding carboxylic acids is 1. The van der Waals surface area contributed by atoms with Crippen LogP contribution in [-0.2, 0) is 0 Å². The number of nitro groups is 1. The third-order valence-corrected chi connectivity index (χ3v) is 4.49. The molecule has 0 aliphatic carbocycles. The van der Waals surface area contributed by atoms with Crippen LogP contribution in [0.5, 0.6) is 0 Å². The fourth-order valence-electron chi connectivity index (χ4n) is 2.21. The van der Waals surface area contributed by atoms with E-state index in [-0.39, 0.29) is 17.1 Å². The van der Waals surface area contributed by atoms with Crippen LogP contribution < -0.4 is 5.32 Å². The Morgan fingerprint density at radius 1 is 1.36 bits per heavy atom. The summed E-state index contributed by atoms with van der Waals surface area (Å²) in [7, 11) is 0. The first kappa shape index (κ1) is 14.5. The molecule has 1 fully saturated rings. The van der Waals surface area contributed by atoms with E-state index < -0.39 is 4.92 Å². The number of benzene rings is 1. The molecule has 114 valence electrons. The Bertz CT molecular complexity index is 672. The van der Waals surface area contributed by atoms with Crippen molar-refractivity contribution in [1.29, 1.82) is 0 Å². The molecule has 0 spiro atoms. The normalized spacial score (nSPS) is 17.5. The Morgan fingerprint density at radius 3 is 2.77 bits per heavy atom. The molecule has 2 heterocycles. The fraction of sp³-hybridized carbons (Fsp3) is 0.214. The van der Waals surface area contributed by atoms with Gasteiger partial charge in [-0.25, -0.2) is 4.79 Å². The van der Waals surface area contributed by atoms with Gasteiger partial charge in [0.25, 0.3) is 5.69 Å². The Hall–Kier alpha value is -2.48. The Morgan fingerprint density at radius 2 is 2.14 bits per heavy atom. The summed E-state index contributed by atoms with van der Waals surface area (Å²) in [6, 6.07) is 9.13. The number of nitrogens with zero attached hydrogens (tertiary/aromatic N) is 2. The number of rotatable bonds is 3. The lowest BCUT2D eigenvalue weighted by Crippen LogP contribution is -2.34. The molecule has 0 bridgehead atoms. The minimum atomic E-state index is -0.477. The molecule has 8 heteroatoms. The van der Waals surface area contributed by atoms with Crippen LogP contribution in [-0.4, -0.2) is 28.2 Å². The third-order valence-electron chi connectivity index (χ3n) is 3.27. The van der Waals surface area contributed by atoms with Crippen LogP contribution in [0.2, 0.25) is 0 Å². The van der Waals surface area contributed by atoms with E-state index in [0.717, 1.165) is 11.5 Å². The summed E-state index contributed by atoms with van der Waals surface area (Å²) in [5, 5.41) is 13.2. The van der Waals surface area contributed by atoms with E-state index in [1.807, 2.05) is 6.07 Å². The van der Waals surface area contributed by atoms with Gasteiger partial charge in [-0.05, 0) is 24.3 Å². The number of hydrogen-bond donors (Lipinski definition) is 1. The lowest BCUT2D eigenvalue weighted by molar-refractivity contribution is -0.384. The van der Waals surface area contributed by atoms with Crippen molar-refractivity contribution >= 4 is 29.2 Å². The molecular formula is C14H13N3O4S. The third kappa shape index (κ3) is 2.91. The van der Waals surface area contributed by atoms with Crippen molar-refractivity contribution in [2.45, 2.75) is 5.37 Å². The predicted molar refractivity (Wildman–Crippen MR) is 82.7 cm³/mol. The zero-order valence-electron chi connectivity index (χ0n) is 11.5. The number of carbonyl (C=O) groups is 1. The van der Waals surface area contributed by atoms with Crippen LogP contribution in [0.3, 0.4) is 0 Å². The summed E-state index contributed by atoms with van der Waals surface area (Å²) >= 11 is 1.64. The van der Waals surface area contributed by atoms with E-state index in [0.29, 0.717) is 12.2 Å². The number of furan rings is 1. The molecule has 1 aromatic carbocycles. The van der Waals surface area contributed by atoms with Crippen LogP contribution in [0.25, 0.3) is 0 Å². The van der Waals surface area contributed by atoms with Crippen LogP contribution in [0.4, 0.5) is 16.2 Å². The number of thioether (sulfide) groups is 1. The van der Waals surface area contributed by atoms with Gasteiger partial charge in [0.15, 0.2) is 0 Å². The molecular weight excluding hydrogens is 306 g/mol. The topological polar surface area (TPSA) is 88.6 Å². The van der Waals surface area contributed by atoms with Crippen molar-refractivity contribution in [3.05, 3.63) is 58.5 Å². The molecule has 1 aliphatic rings. The SMILES string of the molecule is O=C(Nc1ccc([N+](=O)[O-])cc1)N1CCSC1c1ccco1. The van der Waals surface area contributed by atoms with E-state index in [9.17, 15) is 14.9 Å². The molecule has 3 rings (SSSR count). The maximum absolute atomic E-state index is 12.4. The maximum Gasteiger partial charge on any atom is 0.323 e. The molecule has 1 atom stereocenters. The van der Waals surface area contributed by atoms with Gasteiger partial charge in [-0.1, -0.05) is 0 Å². The lowest BCUT2D eigenvalue weighted by Gasteiger charge is -2.22. The van der Waals surface area contributed by atoms with Crippen molar-refractivity contribution in [3.8, 4) is 0 Å². The monoisotopic (exact) mass is 319 g/mol. The predicted octanol–water partition coefficient (Wildman–Crippen LogP) is 3.47. The molecule has 1 N–H and O–H groups in total. The van der Waals surface area contributed by atoms with Crippen LogP contribution in [0.1, 0.15) is 11.1 Å². The van der Waals surface area contributed by atoms with Gasteiger partial charge in [0.2, 0.25) is 0 Å². The van der Waals surface area contributed by atoms with Crippen molar-refractivity contribution in [2.24, 2.45) is 0 Å². The second kappa shape index (κ2) is 6.10. The highest BCUT2D eigenvalue weighted by molar-refractivity contribution is 7.99. The van der Waals surface area contributed by atoms with Gasteiger partial charge in [0, 0.05) is 30.1 Å². The first-order valence-corrected chi connectivity index (χ1v) is 7.67. The second-order valence-electron chi connectivity index (χ2n) is 4.67. The first-order chi connectivity index (χ1) is 10.6. The average molecular weight is 319 g/mol. The summed E-state index contributed by atoms with van der Waals surface area (Å²) in [5.41, 5.74) is 0.508. The van der Waals surface area contributed by atoms with E-state index in [1.54, 1.807) is 29.0 Å². The molecule has 7 nitrogen and oxygen atoms in total. The summed E-state index contributed by atoms with van der Waals surface area (Å²) in [6.45, 7) is 0.620. The number of non-ortho nitro benzene ring substituents is 1. The second-order valence-corrected chi connectivity index (χ2v) is 5.85. The maximum atomic E-state index is 12.4. The van der Waals surface area contributed by atoms with E-state index in [1.165, 1.54) is 24.3 Å². The van der Waals surface area contributed by atoms with Gasteiger partial charge in [0.05, 0.1) is 11.2 Å². The smallest absolute Gasteiger partial charge is 0.323 e. The zero-order valence-corrected chi connectivity index (χ0v) is 12.3. The van der Waals surface area contributed by atoms with E-state index >= 15 is 0 Å². The van der Waals surface area contributed by atoms with Gasteiger partial charge < -0.3 is 14.6 Å². The molecule has 1 aliphatic heterocycles. The summed E-state index contributed by atoms with van der Waals surface area (Å²) in [6.07, 6.45) is 1.58. The highest BCUT2D eigenvalue weighted by Gasteiger charge is 2.32. The number of anilines is 1. The number of hydrogen-bond acceptors (Lipinski definition) is 5. The van der Waals surface area contributed by atoms with Crippen LogP contribution >= 0.6 is 11.8 Å². The summed E-state index contributed by atoms with van der Waals surface area (Å²) < 4.78 is 5.37. The zero-order chi connectivity index (χ0) is 15.5. The largest absolute Gasteiger partial charge is 0.466 e. The van der Waals surface area contributed by atoms with Crippen molar-refractivity contribution < 1.29 is 14.1 Å². The van der Waals surface area contributed by atoms with Crippen LogP contribution in [0.15, 0.2) is 47.1 Å². The Kier molecular flexibility index (Phi) is 4.01. The minimum Gasteiger partial charge on any atom is -0.466 e. The Labute approximate surface area is 130 Å². The first-order valence-electron chi connectivity index (χ1n) is 6.62. The molecule has 0 saturated carbocycles. The highest BCUT2D eigenvalue weighted by atomic mass is 32.2. The summed E-state index contributed by atoms with van der Waals surface area (Å²) in [4.78, 5) is 24.2. The van der Waals surface area contributed by atoms with Gasteiger partial charge in [-0.15, -0.1) is 11.8 Å². The Balaban J connectivity index is 1.69. The highest BCUT2D eigenvalue weighted by Crippen LogP contribution is 2.38. The number of nitrogens with one attached hydrogen (secondary N) is 1. The number of amides is 2.